The minimum absolute atomic E-state index is 0.0657. The molecule has 108 valence electrons. The zero-order chi connectivity index (χ0) is 14.9. The Morgan fingerprint density at radius 1 is 1.33 bits per heavy atom. The minimum Gasteiger partial charge on any atom is -0.465 e. The monoisotopic (exact) mass is 286 g/mol. The summed E-state index contributed by atoms with van der Waals surface area (Å²) in [5, 5.41) is 15.9. The molecule has 1 N–H and O–H groups in total. The molecular weight excluding hydrogens is 272 g/mol. The van der Waals surface area contributed by atoms with Crippen molar-refractivity contribution in [1.82, 2.24) is 0 Å². The summed E-state index contributed by atoms with van der Waals surface area (Å²) in [6, 6.07) is 8.94. The van der Waals surface area contributed by atoms with Crippen LogP contribution >= 0.6 is 0 Å². The van der Waals surface area contributed by atoms with Crippen molar-refractivity contribution in [3.63, 3.8) is 0 Å². The maximum Gasteiger partial charge on any atom is 0.310 e. The van der Waals surface area contributed by atoms with Crippen molar-refractivity contribution in [3.05, 3.63) is 54.3 Å². The van der Waals surface area contributed by atoms with Crippen LogP contribution in [0.1, 0.15) is 6.92 Å². The van der Waals surface area contributed by atoms with Crippen LogP contribution in [0.5, 0.6) is 0 Å². The van der Waals surface area contributed by atoms with Crippen molar-refractivity contribution in [1.29, 1.82) is 0 Å². The predicted molar refractivity (Wildman–Crippen MR) is 76.2 cm³/mol. The number of amides is 1. The highest BCUT2D eigenvalue weighted by Crippen LogP contribution is 2.28. The molecule has 0 spiro atoms. The molecule has 2 aliphatic heterocycles. The summed E-state index contributed by atoms with van der Waals surface area (Å²) in [6.45, 7) is 1.48. The minimum atomic E-state index is -1.79. The Morgan fingerprint density at radius 2 is 2.10 bits per heavy atom. The average Bonchev–Trinajstić information content (AvgIpc) is 2.51. The summed E-state index contributed by atoms with van der Waals surface area (Å²) in [4.78, 5) is 12.0. The summed E-state index contributed by atoms with van der Waals surface area (Å²) in [7, 11) is 0. The van der Waals surface area contributed by atoms with Crippen LogP contribution in [0.3, 0.4) is 0 Å². The number of ether oxygens (including phenoxy) is 2. The molecule has 0 aliphatic carbocycles. The molecule has 0 radical (unpaired) electrons. The number of allylic oxidation sites excluding steroid dienone is 2. The fourth-order valence-electron chi connectivity index (χ4n) is 2.05. The standard InChI is InChI=1S/C15H14N2O4/c1-11-6-5-9-21-15(11,19)14-16-17(13(18)10-20-14)12-7-3-2-4-8-12/h2-9,19H,10H2,1H3. The van der Waals surface area contributed by atoms with Gasteiger partial charge in [0.2, 0.25) is 0 Å². The molecule has 1 amide bonds. The molecule has 0 bridgehead atoms. The predicted octanol–water partition coefficient (Wildman–Crippen LogP) is 1.54. The molecule has 6 nitrogen and oxygen atoms in total. The van der Waals surface area contributed by atoms with Crippen LogP contribution in [0.15, 0.2) is 59.4 Å². The topological polar surface area (TPSA) is 71.4 Å². The number of anilines is 1. The number of carbonyl (C=O) groups is 1. The van der Waals surface area contributed by atoms with Gasteiger partial charge in [-0.25, -0.2) is 0 Å². The van der Waals surface area contributed by atoms with E-state index in [1.165, 1.54) is 11.3 Å². The molecule has 1 unspecified atom stereocenters. The van der Waals surface area contributed by atoms with Crippen molar-refractivity contribution in [2.24, 2.45) is 5.10 Å². The first-order valence-electron chi connectivity index (χ1n) is 6.45. The van der Waals surface area contributed by atoms with Crippen LogP contribution in [-0.4, -0.2) is 29.3 Å². The highest BCUT2D eigenvalue weighted by molar-refractivity contribution is 6.01. The number of hydrogen-bond donors (Lipinski definition) is 1. The van der Waals surface area contributed by atoms with Crippen LogP contribution in [0.4, 0.5) is 5.69 Å². The van der Waals surface area contributed by atoms with Gasteiger partial charge in [-0.05, 0) is 25.1 Å². The van der Waals surface area contributed by atoms with Crippen molar-refractivity contribution in [2.45, 2.75) is 12.7 Å². The Labute approximate surface area is 121 Å². The van der Waals surface area contributed by atoms with Crippen LogP contribution in [0, 0.1) is 0 Å². The average molecular weight is 286 g/mol. The summed E-state index contributed by atoms with van der Waals surface area (Å²) in [6.07, 6.45) is 4.70. The first kappa shape index (κ1) is 13.4. The van der Waals surface area contributed by atoms with Gasteiger partial charge in [0.25, 0.3) is 11.8 Å². The van der Waals surface area contributed by atoms with E-state index in [4.69, 9.17) is 9.47 Å². The van der Waals surface area contributed by atoms with E-state index in [0.29, 0.717) is 11.3 Å². The van der Waals surface area contributed by atoms with Crippen molar-refractivity contribution < 1.29 is 19.4 Å². The number of hydrogen-bond acceptors (Lipinski definition) is 5. The zero-order valence-electron chi connectivity index (χ0n) is 11.4. The lowest BCUT2D eigenvalue weighted by Gasteiger charge is -2.33. The fourth-order valence-corrected chi connectivity index (χ4v) is 2.05. The van der Waals surface area contributed by atoms with E-state index >= 15 is 0 Å². The van der Waals surface area contributed by atoms with E-state index in [1.54, 1.807) is 43.3 Å². The Hall–Kier alpha value is -2.60. The number of para-hydroxylation sites is 1. The van der Waals surface area contributed by atoms with Gasteiger partial charge in [0.1, 0.15) is 0 Å². The van der Waals surface area contributed by atoms with Gasteiger partial charge in [-0.1, -0.05) is 24.3 Å². The van der Waals surface area contributed by atoms with E-state index in [-0.39, 0.29) is 18.4 Å². The maximum absolute atomic E-state index is 12.0. The Bertz CT molecular complexity index is 651. The second kappa shape index (κ2) is 5.06. The lowest BCUT2D eigenvalue weighted by atomic mass is 10.1. The van der Waals surface area contributed by atoms with E-state index in [9.17, 15) is 9.90 Å². The van der Waals surface area contributed by atoms with Crippen molar-refractivity contribution in [2.75, 3.05) is 11.6 Å². The fraction of sp³-hybridized carbons (Fsp3) is 0.200. The third kappa shape index (κ3) is 2.30. The van der Waals surface area contributed by atoms with Crippen LogP contribution < -0.4 is 5.01 Å². The third-order valence-electron chi connectivity index (χ3n) is 3.25. The molecule has 0 saturated carbocycles. The van der Waals surface area contributed by atoms with Gasteiger partial charge in [0.05, 0.1) is 11.9 Å². The zero-order valence-corrected chi connectivity index (χ0v) is 11.4. The first-order chi connectivity index (χ1) is 10.1. The molecule has 3 rings (SSSR count). The molecular formula is C15H14N2O4. The van der Waals surface area contributed by atoms with Crippen molar-refractivity contribution >= 4 is 17.5 Å². The maximum atomic E-state index is 12.0. The summed E-state index contributed by atoms with van der Waals surface area (Å²) < 4.78 is 10.5. The number of aliphatic hydroxyl groups is 1. The Kier molecular flexibility index (Phi) is 3.23. The number of benzene rings is 1. The van der Waals surface area contributed by atoms with Gasteiger partial charge in [-0.3, -0.25) is 4.79 Å². The molecule has 0 saturated heterocycles. The highest BCUT2D eigenvalue weighted by atomic mass is 16.7. The molecule has 2 heterocycles. The molecule has 6 heteroatoms. The van der Waals surface area contributed by atoms with E-state index < -0.39 is 5.79 Å². The van der Waals surface area contributed by atoms with Gasteiger partial charge in [0.15, 0.2) is 6.61 Å². The smallest absolute Gasteiger partial charge is 0.310 e. The number of hydrazone groups is 1. The second-order valence-electron chi connectivity index (χ2n) is 4.68. The Morgan fingerprint density at radius 3 is 2.81 bits per heavy atom. The lowest BCUT2D eigenvalue weighted by Crippen LogP contribution is -2.49. The number of carbonyl (C=O) groups excluding carboxylic acids is 1. The van der Waals surface area contributed by atoms with Gasteiger partial charge in [-0.15, -0.1) is 5.10 Å². The van der Waals surface area contributed by atoms with E-state index in [1.807, 2.05) is 6.07 Å². The number of rotatable bonds is 2. The van der Waals surface area contributed by atoms with Crippen LogP contribution in [0.2, 0.25) is 0 Å². The lowest BCUT2D eigenvalue weighted by molar-refractivity contribution is -0.125. The highest BCUT2D eigenvalue weighted by Gasteiger charge is 2.43. The summed E-state index contributed by atoms with van der Waals surface area (Å²) in [5.41, 5.74) is 1.12. The molecule has 1 atom stereocenters. The molecule has 0 aromatic heterocycles. The van der Waals surface area contributed by atoms with Crippen molar-refractivity contribution in [3.8, 4) is 0 Å². The molecule has 1 aromatic carbocycles. The van der Waals surface area contributed by atoms with E-state index in [0.717, 1.165) is 0 Å². The first-order valence-corrected chi connectivity index (χ1v) is 6.45. The van der Waals surface area contributed by atoms with Crippen LogP contribution in [-0.2, 0) is 14.3 Å². The van der Waals surface area contributed by atoms with Gasteiger partial charge < -0.3 is 14.6 Å². The summed E-state index contributed by atoms with van der Waals surface area (Å²) in [5.74, 6) is -2.17. The van der Waals surface area contributed by atoms with Gasteiger partial charge in [-0.2, -0.15) is 5.01 Å². The third-order valence-corrected chi connectivity index (χ3v) is 3.25. The van der Waals surface area contributed by atoms with Crippen LogP contribution in [0.25, 0.3) is 0 Å². The molecule has 0 fully saturated rings. The Balaban J connectivity index is 1.99. The van der Waals surface area contributed by atoms with Gasteiger partial charge >= 0.3 is 5.79 Å². The molecule has 2 aliphatic rings. The quantitative estimate of drug-likeness (QED) is 0.895. The number of nitrogens with zero attached hydrogens (tertiary/aromatic N) is 2. The molecule has 21 heavy (non-hydrogen) atoms. The normalized spacial score (nSPS) is 24.9. The summed E-state index contributed by atoms with van der Waals surface area (Å²) >= 11 is 0. The molecule has 1 aromatic rings. The SMILES string of the molecule is CC1=CC=COC1(O)C1=NN(c2ccccc2)C(=O)CO1. The van der Waals surface area contributed by atoms with E-state index in [2.05, 4.69) is 5.10 Å². The largest absolute Gasteiger partial charge is 0.465 e. The second-order valence-corrected chi connectivity index (χ2v) is 4.68. The van der Waals surface area contributed by atoms with Gasteiger partial charge in [0, 0.05) is 5.57 Å².